The van der Waals surface area contributed by atoms with Crippen LogP contribution in [0.25, 0.3) is 17.0 Å². The molecular formula is C21H10F7N5. The van der Waals surface area contributed by atoms with E-state index in [9.17, 15) is 36.0 Å². The number of anilines is 2. The van der Waals surface area contributed by atoms with Gasteiger partial charge in [-0.15, -0.1) is 0 Å². The maximum absolute atomic E-state index is 13.8. The average Bonchev–Trinajstić information content (AvgIpc) is 3.12. The van der Waals surface area contributed by atoms with Gasteiger partial charge in [-0.1, -0.05) is 0 Å². The van der Waals surface area contributed by atoms with Crippen LogP contribution in [0.15, 0.2) is 54.7 Å². The van der Waals surface area contributed by atoms with Crippen LogP contribution in [0.1, 0.15) is 16.8 Å². The molecule has 0 bridgehead atoms. The number of hydrogen-bond donors (Lipinski definition) is 1. The fraction of sp³-hybridized carbons (Fsp3) is 0.0952. The molecule has 0 amide bonds. The van der Waals surface area contributed by atoms with Crippen molar-refractivity contribution in [3.8, 4) is 17.5 Å². The minimum atomic E-state index is -4.91. The first-order chi connectivity index (χ1) is 15.5. The van der Waals surface area contributed by atoms with Crippen LogP contribution in [0.4, 0.5) is 42.2 Å². The second-order valence-electron chi connectivity index (χ2n) is 6.82. The van der Waals surface area contributed by atoms with Crippen LogP contribution in [0.5, 0.6) is 0 Å². The monoisotopic (exact) mass is 465 g/mol. The van der Waals surface area contributed by atoms with Crippen LogP contribution >= 0.6 is 0 Å². The Bertz CT molecular complexity index is 1380. The van der Waals surface area contributed by atoms with Crippen molar-refractivity contribution < 1.29 is 30.7 Å². The number of alkyl halides is 6. The molecule has 33 heavy (non-hydrogen) atoms. The number of pyridine rings is 2. The summed E-state index contributed by atoms with van der Waals surface area (Å²) in [4.78, 5) is 7.60. The van der Waals surface area contributed by atoms with Crippen molar-refractivity contribution in [1.29, 1.82) is 5.26 Å². The number of nitriles is 1. The highest BCUT2D eigenvalue weighted by Crippen LogP contribution is 2.37. The largest absolute Gasteiger partial charge is 0.435 e. The Balaban J connectivity index is 1.84. The van der Waals surface area contributed by atoms with Crippen LogP contribution < -0.4 is 5.32 Å². The lowest BCUT2D eigenvalue weighted by Crippen LogP contribution is -2.09. The number of aromatic nitrogens is 3. The molecule has 0 radical (unpaired) electrons. The Morgan fingerprint density at radius 3 is 2.18 bits per heavy atom. The summed E-state index contributed by atoms with van der Waals surface area (Å²) in [5.41, 5.74) is -3.30. The van der Waals surface area contributed by atoms with Gasteiger partial charge >= 0.3 is 12.4 Å². The Morgan fingerprint density at radius 1 is 0.879 bits per heavy atom. The number of nitrogens with zero attached hydrogens (tertiary/aromatic N) is 4. The quantitative estimate of drug-likeness (QED) is 0.367. The van der Waals surface area contributed by atoms with Crippen molar-refractivity contribution in [2.24, 2.45) is 0 Å². The van der Waals surface area contributed by atoms with Crippen molar-refractivity contribution in [2.75, 3.05) is 5.32 Å². The van der Waals surface area contributed by atoms with Gasteiger partial charge in [-0.2, -0.15) is 31.6 Å². The van der Waals surface area contributed by atoms with E-state index in [1.54, 1.807) is 6.07 Å². The molecule has 0 aliphatic carbocycles. The van der Waals surface area contributed by atoms with Crippen LogP contribution in [0.2, 0.25) is 0 Å². The molecule has 5 nitrogen and oxygen atoms in total. The highest BCUT2D eigenvalue weighted by Gasteiger charge is 2.39. The van der Waals surface area contributed by atoms with Crippen LogP contribution in [-0.4, -0.2) is 14.4 Å². The second kappa shape index (κ2) is 7.77. The fourth-order valence-electron chi connectivity index (χ4n) is 3.13. The van der Waals surface area contributed by atoms with Gasteiger partial charge in [0.25, 0.3) is 0 Å². The van der Waals surface area contributed by atoms with Gasteiger partial charge in [-0.25, -0.2) is 14.4 Å². The summed E-state index contributed by atoms with van der Waals surface area (Å²) in [6.07, 6.45) is -8.66. The molecule has 0 aliphatic rings. The average molecular weight is 465 g/mol. The third-order valence-corrected chi connectivity index (χ3v) is 4.53. The predicted molar refractivity (Wildman–Crippen MR) is 103 cm³/mol. The minimum Gasteiger partial charge on any atom is -0.340 e. The van der Waals surface area contributed by atoms with Gasteiger partial charge in [0.15, 0.2) is 5.69 Å². The lowest BCUT2D eigenvalue weighted by atomic mass is 10.1. The van der Waals surface area contributed by atoms with Gasteiger partial charge in [-0.05, 0) is 48.5 Å². The molecule has 3 heterocycles. The summed E-state index contributed by atoms with van der Waals surface area (Å²) < 4.78 is 93.9. The van der Waals surface area contributed by atoms with E-state index in [0.29, 0.717) is 0 Å². The lowest BCUT2D eigenvalue weighted by Gasteiger charge is -2.12. The molecule has 1 aromatic carbocycles. The molecule has 0 saturated heterocycles. The number of hydrogen-bond acceptors (Lipinski definition) is 4. The van der Waals surface area contributed by atoms with Crippen molar-refractivity contribution in [1.82, 2.24) is 14.4 Å². The van der Waals surface area contributed by atoms with E-state index in [2.05, 4.69) is 15.3 Å². The normalized spacial score (nSPS) is 12.1. The smallest absolute Gasteiger partial charge is 0.340 e. The molecule has 0 saturated carbocycles. The second-order valence-corrected chi connectivity index (χ2v) is 6.82. The molecular weight excluding hydrogens is 455 g/mol. The zero-order valence-electron chi connectivity index (χ0n) is 16.1. The Kier molecular flexibility index (Phi) is 5.20. The third-order valence-electron chi connectivity index (χ3n) is 4.53. The van der Waals surface area contributed by atoms with Gasteiger partial charge in [0.05, 0.1) is 22.9 Å². The summed E-state index contributed by atoms with van der Waals surface area (Å²) in [7, 11) is 0. The molecule has 0 spiro atoms. The molecule has 0 unspecified atom stereocenters. The van der Waals surface area contributed by atoms with Crippen molar-refractivity contribution in [3.63, 3.8) is 0 Å². The van der Waals surface area contributed by atoms with Crippen LogP contribution in [0, 0.1) is 17.1 Å². The van der Waals surface area contributed by atoms with E-state index in [1.165, 1.54) is 6.07 Å². The van der Waals surface area contributed by atoms with E-state index in [-0.39, 0.29) is 28.4 Å². The molecule has 4 rings (SSSR count). The molecule has 168 valence electrons. The van der Waals surface area contributed by atoms with E-state index in [1.807, 2.05) is 0 Å². The van der Waals surface area contributed by atoms with Gasteiger partial charge in [0.2, 0.25) is 0 Å². The lowest BCUT2D eigenvalue weighted by molar-refractivity contribution is -0.140. The van der Waals surface area contributed by atoms with Gasteiger partial charge in [0, 0.05) is 11.9 Å². The first-order valence-electron chi connectivity index (χ1n) is 9.07. The minimum absolute atomic E-state index is 0.0890. The summed E-state index contributed by atoms with van der Waals surface area (Å²) in [6, 6.07) is 9.91. The highest BCUT2D eigenvalue weighted by molar-refractivity contribution is 5.69. The number of nitrogens with one attached hydrogen (secondary N) is 1. The molecule has 0 aliphatic heterocycles. The third kappa shape index (κ3) is 4.43. The molecule has 0 atom stereocenters. The summed E-state index contributed by atoms with van der Waals surface area (Å²) >= 11 is 0. The zero-order chi connectivity index (χ0) is 24.0. The Hall–Kier alpha value is -4.14. The van der Waals surface area contributed by atoms with Crippen LogP contribution in [0.3, 0.4) is 0 Å². The molecule has 12 heteroatoms. The van der Waals surface area contributed by atoms with E-state index in [4.69, 9.17) is 0 Å². The van der Waals surface area contributed by atoms with Crippen molar-refractivity contribution >= 4 is 17.2 Å². The van der Waals surface area contributed by atoms with Crippen molar-refractivity contribution in [3.05, 3.63) is 77.4 Å². The topological polar surface area (TPSA) is 66.0 Å². The van der Waals surface area contributed by atoms with Gasteiger partial charge < -0.3 is 5.32 Å². The fourth-order valence-corrected chi connectivity index (χ4v) is 3.13. The first-order valence-corrected chi connectivity index (χ1v) is 9.07. The first kappa shape index (κ1) is 22.1. The molecule has 1 N–H and O–H groups in total. The summed E-state index contributed by atoms with van der Waals surface area (Å²) in [5, 5.41) is 12.0. The number of benzene rings is 1. The van der Waals surface area contributed by atoms with Crippen LogP contribution in [-0.2, 0) is 12.4 Å². The number of rotatable bonds is 3. The van der Waals surface area contributed by atoms with E-state index < -0.39 is 35.1 Å². The number of halogens is 7. The molecule has 4 aromatic rings. The molecule has 0 fully saturated rings. The van der Waals surface area contributed by atoms with Gasteiger partial charge in [-0.3, -0.25) is 4.40 Å². The van der Waals surface area contributed by atoms with E-state index in [0.717, 1.165) is 53.1 Å². The Morgan fingerprint density at radius 2 is 1.58 bits per heavy atom. The summed E-state index contributed by atoms with van der Waals surface area (Å²) in [5.74, 6) is -0.933. The van der Waals surface area contributed by atoms with Crippen molar-refractivity contribution in [2.45, 2.75) is 12.4 Å². The van der Waals surface area contributed by atoms with E-state index >= 15 is 0 Å². The maximum atomic E-state index is 13.8. The predicted octanol–water partition coefficient (Wildman–Crippen LogP) is 6.19. The number of imidazole rings is 1. The van der Waals surface area contributed by atoms with Gasteiger partial charge in [0.1, 0.15) is 23.0 Å². The Labute approximate surface area is 180 Å². The maximum Gasteiger partial charge on any atom is 0.435 e. The highest BCUT2D eigenvalue weighted by atomic mass is 19.4. The zero-order valence-corrected chi connectivity index (χ0v) is 16.1. The number of fused-ring (bicyclic) bond motifs is 1. The SMILES string of the molecule is N#Cc1cc(Nc2ccc(C(F)(F)F)cc2)nc(-c2c(C(F)(F)F)nc3ccc(F)cn23)c1. The standard InChI is InChI=1S/C21H10F7N5/c22-13-3-6-17-32-19(21(26,27)28)18(33(17)10-13)15-7-11(9-29)8-16(31-15)30-14-4-1-12(2-5-14)20(23,24)25/h1-8,10H,(H,30,31). The molecule has 3 aromatic heterocycles. The summed E-state index contributed by atoms with van der Waals surface area (Å²) in [6.45, 7) is 0.